The van der Waals surface area contributed by atoms with E-state index in [1.807, 2.05) is 18.4 Å². The van der Waals surface area contributed by atoms with Gasteiger partial charge in [0.2, 0.25) is 5.91 Å². The highest BCUT2D eigenvalue weighted by molar-refractivity contribution is 7.99. The van der Waals surface area contributed by atoms with Crippen molar-refractivity contribution in [2.45, 2.75) is 37.5 Å². The molecule has 0 radical (unpaired) electrons. The number of hydrogen-bond donors (Lipinski definition) is 2. The second-order valence-corrected chi connectivity index (χ2v) is 7.15. The molecule has 26 heavy (non-hydrogen) atoms. The van der Waals surface area contributed by atoms with E-state index < -0.39 is 12.0 Å². The number of aliphatic carboxylic acids is 1. The van der Waals surface area contributed by atoms with Crippen LogP contribution in [0.4, 0.5) is 0 Å². The molecular formula is C17H20N4O4S. The minimum atomic E-state index is -1.10. The molecule has 1 aromatic carbocycles. The quantitative estimate of drug-likeness (QED) is 0.710. The number of hydrogen-bond acceptors (Lipinski definition) is 6. The van der Waals surface area contributed by atoms with E-state index >= 15 is 0 Å². The van der Waals surface area contributed by atoms with Gasteiger partial charge in [-0.25, -0.2) is 4.79 Å². The van der Waals surface area contributed by atoms with Crippen LogP contribution >= 0.6 is 11.8 Å². The first-order valence-electron chi connectivity index (χ1n) is 8.26. The van der Waals surface area contributed by atoms with E-state index in [1.165, 1.54) is 11.8 Å². The van der Waals surface area contributed by atoms with Crippen LogP contribution in [0.3, 0.4) is 0 Å². The SMILES string of the molecule is CC(C)n1cnnc1SCC(=O)NC(C(=O)O)c1ccc2c(c1)CCO2. The Morgan fingerprint density at radius 2 is 2.23 bits per heavy atom. The molecule has 2 heterocycles. The fourth-order valence-corrected chi connectivity index (χ4v) is 3.55. The first-order chi connectivity index (χ1) is 12.5. The number of carboxylic acids is 1. The van der Waals surface area contributed by atoms with Gasteiger partial charge in [-0.3, -0.25) is 4.79 Å². The Hall–Kier alpha value is -2.55. The first-order valence-corrected chi connectivity index (χ1v) is 9.24. The molecule has 0 fully saturated rings. The molecule has 3 rings (SSSR count). The number of benzene rings is 1. The highest BCUT2D eigenvalue weighted by Crippen LogP contribution is 2.28. The monoisotopic (exact) mass is 376 g/mol. The first kappa shape index (κ1) is 18.2. The summed E-state index contributed by atoms with van der Waals surface area (Å²) in [5.41, 5.74) is 1.49. The Morgan fingerprint density at radius 1 is 1.42 bits per heavy atom. The third-order valence-corrected chi connectivity index (χ3v) is 4.99. The van der Waals surface area contributed by atoms with Crippen LogP contribution in [0.1, 0.15) is 37.1 Å². The van der Waals surface area contributed by atoms with Crippen molar-refractivity contribution in [1.82, 2.24) is 20.1 Å². The van der Waals surface area contributed by atoms with Crippen LogP contribution in [-0.4, -0.2) is 44.1 Å². The molecule has 0 spiro atoms. The number of carbonyl (C=O) groups excluding carboxylic acids is 1. The number of rotatable bonds is 7. The molecule has 8 nitrogen and oxygen atoms in total. The van der Waals surface area contributed by atoms with E-state index in [2.05, 4.69) is 15.5 Å². The number of carbonyl (C=O) groups is 2. The molecule has 2 aromatic rings. The maximum absolute atomic E-state index is 12.3. The Kier molecular flexibility index (Phi) is 5.46. The van der Waals surface area contributed by atoms with Crippen molar-refractivity contribution in [3.63, 3.8) is 0 Å². The van der Waals surface area contributed by atoms with E-state index in [-0.39, 0.29) is 17.7 Å². The van der Waals surface area contributed by atoms with Crippen molar-refractivity contribution in [3.05, 3.63) is 35.7 Å². The molecule has 1 aliphatic rings. The highest BCUT2D eigenvalue weighted by atomic mass is 32.2. The Bertz CT molecular complexity index is 821. The summed E-state index contributed by atoms with van der Waals surface area (Å²) in [6.45, 7) is 4.58. The number of ether oxygens (including phenoxy) is 1. The second-order valence-electron chi connectivity index (χ2n) is 6.21. The maximum Gasteiger partial charge on any atom is 0.330 e. The molecule has 1 unspecified atom stereocenters. The number of aromatic nitrogens is 3. The van der Waals surface area contributed by atoms with Gasteiger partial charge in [0.1, 0.15) is 12.1 Å². The van der Waals surface area contributed by atoms with Gasteiger partial charge in [0.25, 0.3) is 0 Å². The van der Waals surface area contributed by atoms with Crippen LogP contribution in [0.2, 0.25) is 0 Å². The van der Waals surface area contributed by atoms with Crippen molar-refractivity contribution < 1.29 is 19.4 Å². The van der Waals surface area contributed by atoms with Crippen LogP contribution in [0, 0.1) is 0 Å². The largest absolute Gasteiger partial charge is 0.493 e. The molecule has 138 valence electrons. The van der Waals surface area contributed by atoms with Crippen molar-refractivity contribution in [2.24, 2.45) is 0 Å². The molecule has 0 saturated heterocycles. The van der Waals surface area contributed by atoms with Crippen LogP contribution in [0.25, 0.3) is 0 Å². The molecule has 1 atom stereocenters. The molecule has 0 saturated carbocycles. The Balaban J connectivity index is 1.65. The van der Waals surface area contributed by atoms with Crippen LogP contribution in [-0.2, 0) is 16.0 Å². The van der Waals surface area contributed by atoms with Crippen molar-refractivity contribution in [3.8, 4) is 5.75 Å². The van der Waals surface area contributed by atoms with E-state index in [0.29, 0.717) is 17.3 Å². The topological polar surface area (TPSA) is 106 Å². The molecule has 1 amide bonds. The second kappa shape index (κ2) is 7.77. The fraction of sp³-hybridized carbons (Fsp3) is 0.412. The van der Waals surface area contributed by atoms with Gasteiger partial charge in [-0.05, 0) is 37.1 Å². The van der Waals surface area contributed by atoms with Crippen LogP contribution < -0.4 is 10.1 Å². The van der Waals surface area contributed by atoms with E-state index in [4.69, 9.17) is 4.74 Å². The summed E-state index contributed by atoms with van der Waals surface area (Å²) in [6.07, 6.45) is 2.35. The molecule has 0 bridgehead atoms. The lowest BCUT2D eigenvalue weighted by Gasteiger charge is -2.16. The average Bonchev–Trinajstić information content (AvgIpc) is 3.25. The maximum atomic E-state index is 12.3. The molecule has 1 aliphatic heterocycles. The van der Waals surface area contributed by atoms with E-state index in [0.717, 1.165) is 17.7 Å². The van der Waals surface area contributed by atoms with Gasteiger partial charge in [0.05, 0.1) is 12.4 Å². The zero-order chi connectivity index (χ0) is 18.7. The standard InChI is InChI=1S/C17H20N4O4S/c1-10(2)21-9-18-20-17(21)26-8-14(22)19-15(16(23)24)12-3-4-13-11(7-12)5-6-25-13/h3-4,7,9-10,15H,5-6,8H2,1-2H3,(H,19,22)(H,23,24). The van der Waals surface area contributed by atoms with E-state index in [9.17, 15) is 14.7 Å². The summed E-state index contributed by atoms with van der Waals surface area (Å²) in [6, 6.07) is 4.28. The number of nitrogens with zero attached hydrogens (tertiary/aromatic N) is 3. The van der Waals surface area contributed by atoms with Crippen molar-refractivity contribution >= 4 is 23.6 Å². The van der Waals surface area contributed by atoms with Gasteiger partial charge in [-0.15, -0.1) is 10.2 Å². The summed E-state index contributed by atoms with van der Waals surface area (Å²) >= 11 is 1.22. The van der Waals surface area contributed by atoms with Gasteiger partial charge in [-0.2, -0.15) is 0 Å². The molecule has 1 aromatic heterocycles. The lowest BCUT2D eigenvalue weighted by atomic mass is 10.0. The summed E-state index contributed by atoms with van der Waals surface area (Å²) in [5.74, 6) is -0.652. The van der Waals surface area contributed by atoms with Gasteiger partial charge in [-0.1, -0.05) is 17.8 Å². The summed E-state index contributed by atoms with van der Waals surface area (Å²) in [7, 11) is 0. The number of nitrogens with one attached hydrogen (secondary N) is 1. The van der Waals surface area contributed by atoms with Gasteiger partial charge in [0.15, 0.2) is 11.2 Å². The normalized spacial score (nSPS) is 14.0. The van der Waals surface area contributed by atoms with Crippen molar-refractivity contribution in [1.29, 1.82) is 0 Å². The predicted octanol–water partition coefficient (Wildman–Crippen LogP) is 1.83. The predicted molar refractivity (Wildman–Crippen MR) is 95.3 cm³/mol. The minimum absolute atomic E-state index is 0.0588. The number of thioether (sulfide) groups is 1. The average molecular weight is 376 g/mol. The molecular weight excluding hydrogens is 356 g/mol. The molecule has 2 N–H and O–H groups in total. The fourth-order valence-electron chi connectivity index (χ4n) is 2.70. The Morgan fingerprint density at radius 3 is 2.96 bits per heavy atom. The summed E-state index contributed by atoms with van der Waals surface area (Å²) < 4.78 is 7.29. The zero-order valence-electron chi connectivity index (χ0n) is 14.5. The third kappa shape index (κ3) is 3.98. The zero-order valence-corrected chi connectivity index (χ0v) is 15.3. The smallest absolute Gasteiger partial charge is 0.330 e. The minimum Gasteiger partial charge on any atom is -0.493 e. The van der Waals surface area contributed by atoms with Gasteiger partial charge < -0.3 is 19.7 Å². The lowest BCUT2D eigenvalue weighted by Crippen LogP contribution is -2.35. The van der Waals surface area contributed by atoms with Gasteiger partial charge in [0, 0.05) is 12.5 Å². The summed E-state index contributed by atoms with van der Waals surface area (Å²) in [5, 5.41) is 20.5. The van der Waals surface area contributed by atoms with E-state index in [1.54, 1.807) is 24.5 Å². The summed E-state index contributed by atoms with van der Waals surface area (Å²) in [4.78, 5) is 23.9. The van der Waals surface area contributed by atoms with Gasteiger partial charge >= 0.3 is 5.97 Å². The lowest BCUT2D eigenvalue weighted by molar-refractivity contribution is -0.141. The molecule has 9 heteroatoms. The van der Waals surface area contributed by atoms with Crippen molar-refractivity contribution in [2.75, 3.05) is 12.4 Å². The highest BCUT2D eigenvalue weighted by Gasteiger charge is 2.24. The van der Waals surface area contributed by atoms with Crippen LogP contribution in [0.5, 0.6) is 5.75 Å². The van der Waals surface area contributed by atoms with Crippen LogP contribution in [0.15, 0.2) is 29.7 Å². The number of fused-ring (bicyclic) bond motifs is 1. The Labute approximate surface area is 154 Å². The number of amides is 1. The number of carboxylic acid groups (broad SMARTS) is 1. The third-order valence-electron chi connectivity index (χ3n) is 4.03. The molecule has 0 aliphatic carbocycles.